The first-order valence-electron chi connectivity index (χ1n) is 5.22. The van der Waals surface area contributed by atoms with Gasteiger partial charge in [0.15, 0.2) is 0 Å². The van der Waals surface area contributed by atoms with Crippen LogP contribution in [-0.4, -0.2) is 50.4 Å². The fraction of sp³-hybridized carbons (Fsp3) is 0.800. The fourth-order valence-electron chi connectivity index (χ4n) is 1.80. The van der Waals surface area contributed by atoms with Crippen molar-refractivity contribution in [3.8, 4) is 0 Å². The van der Waals surface area contributed by atoms with Gasteiger partial charge in [0.1, 0.15) is 0 Å². The Bertz CT molecular complexity index is 255. The average molecular weight is 213 g/mol. The van der Waals surface area contributed by atoms with Gasteiger partial charge in [0.05, 0.1) is 12.5 Å². The molecule has 1 aliphatic rings. The molecule has 1 heterocycles. The van der Waals surface area contributed by atoms with Gasteiger partial charge < -0.3 is 15.5 Å². The molecule has 0 saturated carbocycles. The predicted molar refractivity (Wildman–Crippen MR) is 57.2 cm³/mol. The Morgan fingerprint density at radius 3 is 2.60 bits per heavy atom. The molecule has 0 aromatic rings. The lowest BCUT2D eigenvalue weighted by Gasteiger charge is -2.22. The van der Waals surface area contributed by atoms with Crippen molar-refractivity contribution in [2.45, 2.75) is 6.92 Å². The summed E-state index contributed by atoms with van der Waals surface area (Å²) >= 11 is 0. The first-order valence-corrected chi connectivity index (χ1v) is 5.22. The van der Waals surface area contributed by atoms with E-state index in [2.05, 4.69) is 17.6 Å². The Morgan fingerprint density at radius 2 is 2.13 bits per heavy atom. The highest BCUT2D eigenvalue weighted by molar-refractivity contribution is 5.86. The van der Waals surface area contributed by atoms with Crippen LogP contribution in [0.5, 0.6) is 0 Å². The molecule has 0 aromatic carbocycles. The minimum Gasteiger partial charge on any atom is -0.358 e. The fourth-order valence-corrected chi connectivity index (χ4v) is 1.80. The van der Waals surface area contributed by atoms with Gasteiger partial charge in [-0.1, -0.05) is 6.92 Å². The van der Waals surface area contributed by atoms with E-state index in [1.165, 1.54) is 4.90 Å². The van der Waals surface area contributed by atoms with Gasteiger partial charge >= 0.3 is 0 Å². The highest BCUT2D eigenvalue weighted by Crippen LogP contribution is 2.17. The molecule has 1 rings (SSSR count). The van der Waals surface area contributed by atoms with Crippen molar-refractivity contribution in [1.82, 2.24) is 15.5 Å². The Kier molecular flexibility index (Phi) is 4.08. The van der Waals surface area contributed by atoms with E-state index in [9.17, 15) is 9.59 Å². The molecular formula is C10H19N3O2. The lowest BCUT2D eigenvalue weighted by Crippen LogP contribution is -2.41. The van der Waals surface area contributed by atoms with E-state index < -0.39 is 0 Å². The largest absolute Gasteiger partial charge is 0.358 e. The molecule has 5 heteroatoms. The quantitative estimate of drug-likeness (QED) is 0.635. The Balaban J connectivity index is 2.48. The van der Waals surface area contributed by atoms with Gasteiger partial charge in [0.2, 0.25) is 11.8 Å². The van der Waals surface area contributed by atoms with Gasteiger partial charge in [0.25, 0.3) is 0 Å². The normalized spacial score (nSPS) is 25.0. The maximum Gasteiger partial charge on any atom is 0.239 e. The molecule has 0 aromatic heterocycles. The van der Waals surface area contributed by atoms with Crippen LogP contribution in [0.25, 0.3) is 0 Å². The van der Waals surface area contributed by atoms with Crippen LogP contribution in [0.3, 0.4) is 0 Å². The molecule has 1 saturated heterocycles. The number of hydrogen-bond acceptors (Lipinski definition) is 3. The second-order valence-corrected chi connectivity index (χ2v) is 4.11. The average Bonchev–Trinajstić information content (AvgIpc) is 2.63. The van der Waals surface area contributed by atoms with Crippen molar-refractivity contribution in [3.63, 3.8) is 0 Å². The van der Waals surface area contributed by atoms with E-state index in [1.807, 2.05) is 0 Å². The Morgan fingerprint density at radius 1 is 1.47 bits per heavy atom. The van der Waals surface area contributed by atoms with E-state index in [0.717, 1.165) is 13.1 Å². The van der Waals surface area contributed by atoms with E-state index >= 15 is 0 Å². The van der Waals surface area contributed by atoms with Crippen LogP contribution < -0.4 is 10.6 Å². The zero-order valence-electron chi connectivity index (χ0n) is 9.54. The molecule has 2 N–H and O–H groups in total. The number of hydrogen-bond donors (Lipinski definition) is 2. The van der Waals surface area contributed by atoms with Crippen molar-refractivity contribution < 1.29 is 9.59 Å². The lowest BCUT2D eigenvalue weighted by molar-refractivity contribution is -0.138. The molecule has 2 atom stereocenters. The summed E-state index contributed by atoms with van der Waals surface area (Å²) in [4.78, 5) is 24.5. The molecule has 86 valence electrons. The zero-order chi connectivity index (χ0) is 11.4. The van der Waals surface area contributed by atoms with Crippen LogP contribution in [0.1, 0.15) is 6.92 Å². The van der Waals surface area contributed by atoms with Crippen molar-refractivity contribution in [2.24, 2.45) is 11.8 Å². The Labute approximate surface area is 90.2 Å². The number of rotatable bonds is 3. The molecule has 1 fully saturated rings. The number of likely N-dealkylation sites (N-methyl/N-ethyl adjacent to an activating group) is 2. The van der Waals surface area contributed by atoms with Gasteiger partial charge in [-0.25, -0.2) is 0 Å². The minimum absolute atomic E-state index is 0.0136. The maximum atomic E-state index is 11.9. The second kappa shape index (κ2) is 5.11. The smallest absolute Gasteiger partial charge is 0.239 e. The lowest BCUT2D eigenvalue weighted by atomic mass is 9.97. The molecule has 0 unspecified atom stereocenters. The summed E-state index contributed by atoms with van der Waals surface area (Å²) in [5, 5.41) is 5.68. The highest BCUT2D eigenvalue weighted by Gasteiger charge is 2.31. The standard InChI is InChI=1S/C10H19N3O2/c1-7-4-12-5-8(7)10(15)13(3)6-9(14)11-2/h7-8,12H,4-6H2,1-3H3,(H,11,14)/t7-,8-/m1/s1. The number of nitrogens with one attached hydrogen (secondary N) is 2. The molecule has 0 spiro atoms. The van der Waals surface area contributed by atoms with E-state index in [4.69, 9.17) is 0 Å². The SMILES string of the molecule is CNC(=O)CN(C)C(=O)[C@@H]1CNC[C@H]1C. The molecule has 5 nitrogen and oxygen atoms in total. The minimum atomic E-state index is -0.135. The molecule has 0 bridgehead atoms. The predicted octanol–water partition coefficient (Wildman–Crippen LogP) is -0.954. The van der Waals surface area contributed by atoms with E-state index in [1.54, 1.807) is 14.1 Å². The monoisotopic (exact) mass is 213 g/mol. The highest BCUT2D eigenvalue weighted by atomic mass is 16.2. The molecule has 1 aliphatic heterocycles. The third-order valence-corrected chi connectivity index (χ3v) is 2.87. The van der Waals surface area contributed by atoms with Crippen LogP contribution >= 0.6 is 0 Å². The molecule has 15 heavy (non-hydrogen) atoms. The molecular weight excluding hydrogens is 194 g/mol. The van der Waals surface area contributed by atoms with Gasteiger partial charge in [0, 0.05) is 20.6 Å². The van der Waals surface area contributed by atoms with E-state index in [0.29, 0.717) is 5.92 Å². The molecule has 0 radical (unpaired) electrons. The van der Waals surface area contributed by atoms with Crippen LogP contribution in [-0.2, 0) is 9.59 Å². The summed E-state index contributed by atoms with van der Waals surface area (Å²) in [7, 11) is 3.24. The number of nitrogens with zero attached hydrogens (tertiary/aromatic N) is 1. The van der Waals surface area contributed by atoms with Crippen LogP contribution in [0.2, 0.25) is 0 Å². The van der Waals surface area contributed by atoms with Crippen LogP contribution in [0.4, 0.5) is 0 Å². The van der Waals surface area contributed by atoms with Crippen LogP contribution in [0.15, 0.2) is 0 Å². The summed E-state index contributed by atoms with van der Waals surface area (Å²) in [6.45, 7) is 3.79. The number of carbonyl (C=O) groups is 2. The van der Waals surface area contributed by atoms with Crippen molar-refractivity contribution in [2.75, 3.05) is 33.7 Å². The van der Waals surface area contributed by atoms with Crippen molar-refractivity contribution in [1.29, 1.82) is 0 Å². The van der Waals surface area contributed by atoms with Gasteiger partial charge in [-0.05, 0) is 12.5 Å². The second-order valence-electron chi connectivity index (χ2n) is 4.11. The topological polar surface area (TPSA) is 61.4 Å². The number of amides is 2. The van der Waals surface area contributed by atoms with Crippen molar-refractivity contribution in [3.05, 3.63) is 0 Å². The first kappa shape index (κ1) is 12.0. The van der Waals surface area contributed by atoms with E-state index in [-0.39, 0.29) is 24.3 Å². The molecule has 2 amide bonds. The third kappa shape index (κ3) is 2.92. The molecule has 0 aliphatic carbocycles. The summed E-state index contributed by atoms with van der Waals surface area (Å²) in [6.07, 6.45) is 0. The number of carbonyl (C=O) groups excluding carboxylic acids is 2. The summed E-state index contributed by atoms with van der Waals surface area (Å²) in [6, 6.07) is 0. The van der Waals surface area contributed by atoms with Gasteiger partial charge in [-0.3, -0.25) is 9.59 Å². The first-order chi connectivity index (χ1) is 7.06. The summed E-state index contributed by atoms with van der Waals surface area (Å²) in [5.41, 5.74) is 0. The van der Waals surface area contributed by atoms with Crippen LogP contribution in [0, 0.1) is 11.8 Å². The third-order valence-electron chi connectivity index (χ3n) is 2.87. The summed E-state index contributed by atoms with van der Waals surface area (Å²) < 4.78 is 0. The Hall–Kier alpha value is -1.10. The van der Waals surface area contributed by atoms with Crippen molar-refractivity contribution >= 4 is 11.8 Å². The zero-order valence-corrected chi connectivity index (χ0v) is 9.54. The maximum absolute atomic E-state index is 11.9. The summed E-state index contributed by atoms with van der Waals surface area (Å²) in [5.74, 6) is 0.282. The van der Waals surface area contributed by atoms with Gasteiger partial charge in [-0.15, -0.1) is 0 Å². The van der Waals surface area contributed by atoms with Gasteiger partial charge in [-0.2, -0.15) is 0 Å².